The first-order valence-corrected chi connectivity index (χ1v) is 7.68. The van der Waals surface area contributed by atoms with Crippen LogP contribution < -0.4 is 15.8 Å². The molecule has 1 aromatic carbocycles. The summed E-state index contributed by atoms with van der Waals surface area (Å²) in [5.41, 5.74) is 7.82. The van der Waals surface area contributed by atoms with E-state index in [9.17, 15) is 4.79 Å². The van der Waals surface area contributed by atoms with E-state index in [0.717, 1.165) is 24.2 Å². The lowest BCUT2D eigenvalue weighted by atomic mass is 9.93. The van der Waals surface area contributed by atoms with Crippen LogP contribution >= 0.6 is 12.4 Å². The molecule has 4 nitrogen and oxygen atoms in total. The summed E-state index contributed by atoms with van der Waals surface area (Å²) in [5.74, 6) is 0.841. The number of aryl methyl sites for hydroxylation is 1. The zero-order valence-corrected chi connectivity index (χ0v) is 14.9. The van der Waals surface area contributed by atoms with Crippen LogP contribution in [0.1, 0.15) is 44.2 Å². The van der Waals surface area contributed by atoms with Crippen molar-refractivity contribution in [3.8, 4) is 5.75 Å². The molecule has 0 bridgehead atoms. The van der Waals surface area contributed by atoms with E-state index in [1.807, 2.05) is 45.9 Å². The summed E-state index contributed by atoms with van der Waals surface area (Å²) in [4.78, 5) is 12.0. The van der Waals surface area contributed by atoms with Crippen LogP contribution in [0, 0.1) is 13.8 Å². The van der Waals surface area contributed by atoms with Crippen LogP contribution in [0.2, 0.25) is 0 Å². The first-order valence-electron chi connectivity index (χ1n) is 7.68. The predicted molar refractivity (Wildman–Crippen MR) is 93.8 cm³/mol. The van der Waals surface area contributed by atoms with Gasteiger partial charge in [-0.15, -0.1) is 12.4 Å². The molecule has 1 amide bonds. The van der Waals surface area contributed by atoms with Crippen LogP contribution in [0.15, 0.2) is 18.2 Å². The third kappa shape index (κ3) is 5.50. The van der Waals surface area contributed by atoms with Gasteiger partial charge in [-0.1, -0.05) is 26.0 Å². The molecule has 0 saturated heterocycles. The fourth-order valence-corrected chi connectivity index (χ4v) is 2.26. The van der Waals surface area contributed by atoms with Crippen LogP contribution in [0.3, 0.4) is 0 Å². The molecule has 0 saturated carbocycles. The van der Waals surface area contributed by atoms with Gasteiger partial charge in [-0.3, -0.25) is 4.79 Å². The molecular formula is C17H29ClN2O2. The third-order valence-electron chi connectivity index (χ3n) is 4.29. The average Bonchev–Trinajstić information content (AvgIpc) is 2.49. The first-order chi connectivity index (χ1) is 9.98. The van der Waals surface area contributed by atoms with Gasteiger partial charge < -0.3 is 15.8 Å². The fourth-order valence-electron chi connectivity index (χ4n) is 2.26. The molecule has 1 aromatic rings. The number of carbonyl (C=O) groups excluding carboxylic acids is 1. The lowest BCUT2D eigenvalue weighted by Gasteiger charge is -2.31. The van der Waals surface area contributed by atoms with Gasteiger partial charge in [0.2, 0.25) is 5.91 Å². The van der Waals surface area contributed by atoms with Crippen molar-refractivity contribution in [1.82, 2.24) is 5.32 Å². The molecule has 0 aliphatic carbocycles. The van der Waals surface area contributed by atoms with Gasteiger partial charge in [0, 0.05) is 6.54 Å². The number of rotatable bonds is 8. The number of hydrogen-bond acceptors (Lipinski definition) is 3. The van der Waals surface area contributed by atoms with Gasteiger partial charge in [0.25, 0.3) is 0 Å². The highest BCUT2D eigenvalue weighted by molar-refractivity contribution is 5.85. The molecule has 0 radical (unpaired) electrons. The molecule has 0 fully saturated rings. The highest BCUT2D eigenvalue weighted by atomic mass is 35.5. The maximum atomic E-state index is 12.0. The Labute approximate surface area is 140 Å². The number of ether oxygens (including phenoxy) is 1. The quantitative estimate of drug-likeness (QED) is 0.770. The Morgan fingerprint density at radius 3 is 2.45 bits per heavy atom. The summed E-state index contributed by atoms with van der Waals surface area (Å²) < 4.78 is 5.71. The predicted octanol–water partition coefficient (Wildman–Crippen LogP) is 3.13. The van der Waals surface area contributed by atoms with E-state index in [0.29, 0.717) is 19.6 Å². The minimum atomic E-state index is -0.281. The molecule has 0 unspecified atom stereocenters. The molecule has 0 aliphatic heterocycles. The normalized spacial score (nSPS) is 10.8. The highest BCUT2D eigenvalue weighted by Gasteiger charge is 2.25. The summed E-state index contributed by atoms with van der Waals surface area (Å²) in [6, 6.07) is 5.95. The standard InChI is InChI=1S/C17H28N2O2.ClH/c1-5-17(6-2,12-18)19-16(20)10-11-21-15-9-7-8-13(3)14(15)4;/h7-9H,5-6,10-12,18H2,1-4H3,(H,19,20);1H. The lowest BCUT2D eigenvalue weighted by Crippen LogP contribution is -2.53. The maximum absolute atomic E-state index is 12.0. The Hall–Kier alpha value is -1.26. The van der Waals surface area contributed by atoms with E-state index < -0.39 is 0 Å². The van der Waals surface area contributed by atoms with Crippen molar-refractivity contribution in [1.29, 1.82) is 0 Å². The highest BCUT2D eigenvalue weighted by Crippen LogP contribution is 2.20. The molecule has 3 N–H and O–H groups in total. The van der Waals surface area contributed by atoms with E-state index in [1.54, 1.807) is 0 Å². The molecule has 0 spiro atoms. The van der Waals surface area contributed by atoms with Gasteiger partial charge in [-0.2, -0.15) is 0 Å². The van der Waals surface area contributed by atoms with E-state index in [4.69, 9.17) is 10.5 Å². The average molecular weight is 329 g/mol. The largest absolute Gasteiger partial charge is 0.493 e. The molecule has 0 heterocycles. The first kappa shape index (κ1) is 20.7. The van der Waals surface area contributed by atoms with E-state index in [-0.39, 0.29) is 23.9 Å². The van der Waals surface area contributed by atoms with Crippen LogP contribution in [-0.4, -0.2) is 24.6 Å². The van der Waals surface area contributed by atoms with Gasteiger partial charge >= 0.3 is 0 Å². The van der Waals surface area contributed by atoms with Crippen LogP contribution in [0.25, 0.3) is 0 Å². The van der Waals surface area contributed by atoms with E-state index in [1.165, 1.54) is 5.56 Å². The molecule has 0 aromatic heterocycles. The number of carbonyl (C=O) groups is 1. The smallest absolute Gasteiger partial charge is 0.223 e. The Balaban J connectivity index is 0.00000441. The summed E-state index contributed by atoms with van der Waals surface area (Å²) in [6.45, 7) is 9.01. The number of benzene rings is 1. The van der Waals surface area contributed by atoms with Gasteiger partial charge in [-0.05, 0) is 43.9 Å². The van der Waals surface area contributed by atoms with E-state index in [2.05, 4.69) is 5.32 Å². The van der Waals surface area contributed by atoms with Gasteiger partial charge in [0.05, 0.1) is 18.6 Å². The van der Waals surface area contributed by atoms with Crippen molar-refractivity contribution < 1.29 is 9.53 Å². The Morgan fingerprint density at radius 2 is 1.91 bits per heavy atom. The molecule has 0 aliphatic rings. The molecule has 5 heteroatoms. The second kappa shape index (κ2) is 9.70. The number of nitrogens with two attached hydrogens (primary N) is 1. The zero-order chi connectivity index (χ0) is 15.9. The van der Waals surface area contributed by atoms with E-state index >= 15 is 0 Å². The van der Waals surface area contributed by atoms with Crippen LogP contribution in [-0.2, 0) is 4.79 Å². The number of halogens is 1. The molecule has 126 valence electrons. The van der Waals surface area contributed by atoms with Crippen molar-refractivity contribution >= 4 is 18.3 Å². The number of amides is 1. The topological polar surface area (TPSA) is 64.3 Å². The monoisotopic (exact) mass is 328 g/mol. The number of hydrogen-bond donors (Lipinski definition) is 2. The van der Waals surface area contributed by atoms with Crippen LogP contribution in [0.4, 0.5) is 0 Å². The number of nitrogens with one attached hydrogen (secondary N) is 1. The summed E-state index contributed by atoms with van der Waals surface area (Å²) >= 11 is 0. The summed E-state index contributed by atoms with van der Waals surface area (Å²) in [6.07, 6.45) is 2.02. The Bertz CT molecular complexity index is 465. The molecule has 0 atom stereocenters. The van der Waals surface area contributed by atoms with Gasteiger partial charge in [-0.25, -0.2) is 0 Å². The third-order valence-corrected chi connectivity index (χ3v) is 4.29. The van der Waals surface area contributed by atoms with Gasteiger partial charge in [0.15, 0.2) is 0 Å². The minimum absolute atomic E-state index is 0. The van der Waals surface area contributed by atoms with Crippen molar-refractivity contribution in [2.75, 3.05) is 13.2 Å². The summed E-state index contributed by atoms with van der Waals surface area (Å²) in [5, 5.41) is 3.05. The maximum Gasteiger partial charge on any atom is 0.223 e. The van der Waals surface area contributed by atoms with Crippen LogP contribution in [0.5, 0.6) is 5.75 Å². The van der Waals surface area contributed by atoms with Crippen molar-refractivity contribution in [2.45, 2.75) is 52.5 Å². The second-order valence-electron chi connectivity index (χ2n) is 5.54. The Morgan fingerprint density at radius 1 is 1.27 bits per heavy atom. The minimum Gasteiger partial charge on any atom is -0.493 e. The summed E-state index contributed by atoms with van der Waals surface area (Å²) in [7, 11) is 0. The van der Waals surface area contributed by atoms with Crippen molar-refractivity contribution in [3.05, 3.63) is 29.3 Å². The fraction of sp³-hybridized carbons (Fsp3) is 0.588. The van der Waals surface area contributed by atoms with Gasteiger partial charge in [0.1, 0.15) is 5.75 Å². The second-order valence-corrected chi connectivity index (χ2v) is 5.54. The zero-order valence-electron chi connectivity index (χ0n) is 14.1. The molecular weight excluding hydrogens is 300 g/mol. The Kier molecular flexibility index (Phi) is 9.14. The lowest BCUT2D eigenvalue weighted by molar-refractivity contribution is -0.123. The molecule has 1 rings (SSSR count). The molecule has 22 heavy (non-hydrogen) atoms. The van der Waals surface area contributed by atoms with Crippen molar-refractivity contribution in [2.24, 2.45) is 5.73 Å². The van der Waals surface area contributed by atoms with Crippen molar-refractivity contribution in [3.63, 3.8) is 0 Å². The SMILES string of the molecule is CCC(CC)(CN)NC(=O)CCOc1cccc(C)c1C.Cl.